The van der Waals surface area contributed by atoms with Gasteiger partial charge >= 0.3 is 0 Å². The quantitative estimate of drug-likeness (QED) is 0.719. The van der Waals surface area contributed by atoms with E-state index in [1.807, 2.05) is 6.07 Å². The predicted molar refractivity (Wildman–Crippen MR) is 98.7 cm³/mol. The first-order valence-corrected chi connectivity index (χ1v) is 8.42. The van der Waals surface area contributed by atoms with Crippen molar-refractivity contribution in [1.82, 2.24) is 4.98 Å². The van der Waals surface area contributed by atoms with Crippen molar-refractivity contribution in [2.45, 2.75) is 0 Å². The molecule has 0 aliphatic carbocycles. The highest BCUT2D eigenvalue weighted by Crippen LogP contribution is 2.36. The van der Waals surface area contributed by atoms with Crippen LogP contribution in [0.2, 0.25) is 5.02 Å². The summed E-state index contributed by atoms with van der Waals surface area (Å²) in [4.78, 5) is 17.0. The fourth-order valence-electron chi connectivity index (χ4n) is 2.32. The lowest BCUT2D eigenvalue weighted by atomic mass is 10.2. The van der Waals surface area contributed by atoms with Crippen LogP contribution >= 0.6 is 22.9 Å². The number of thiazole rings is 1. The summed E-state index contributed by atoms with van der Waals surface area (Å²) in [5.41, 5.74) is 0.987. The second kappa shape index (κ2) is 7.16. The highest BCUT2D eigenvalue weighted by Gasteiger charge is 2.17. The van der Waals surface area contributed by atoms with Crippen LogP contribution in [0.15, 0.2) is 30.3 Å². The van der Waals surface area contributed by atoms with E-state index in [2.05, 4.69) is 10.3 Å². The molecule has 0 unspecified atom stereocenters. The number of benzene rings is 2. The Balaban J connectivity index is 1.95. The van der Waals surface area contributed by atoms with Crippen molar-refractivity contribution < 1.29 is 19.0 Å². The Kier molecular flexibility index (Phi) is 4.96. The first-order chi connectivity index (χ1) is 12.0. The lowest BCUT2D eigenvalue weighted by Crippen LogP contribution is -2.13. The molecule has 0 radical (unpaired) electrons. The van der Waals surface area contributed by atoms with Crippen molar-refractivity contribution in [2.75, 3.05) is 26.6 Å². The fourth-order valence-corrected chi connectivity index (χ4v) is 3.40. The van der Waals surface area contributed by atoms with E-state index in [4.69, 9.17) is 25.8 Å². The van der Waals surface area contributed by atoms with Gasteiger partial charge in [0.2, 0.25) is 0 Å². The van der Waals surface area contributed by atoms with Gasteiger partial charge in [-0.25, -0.2) is 4.98 Å². The minimum Gasteiger partial charge on any atom is -0.497 e. The second-order valence-electron chi connectivity index (χ2n) is 4.99. The molecule has 0 saturated heterocycles. The molecule has 6 nitrogen and oxygen atoms in total. The number of anilines is 1. The number of aromatic nitrogens is 1. The summed E-state index contributed by atoms with van der Waals surface area (Å²) in [7, 11) is 4.63. The van der Waals surface area contributed by atoms with Gasteiger partial charge in [-0.05, 0) is 24.3 Å². The minimum atomic E-state index is -0.357. The Morgan fingerprint density at radius 3 is 2.52 bits per heavy atom. The third kappa shape index (κ3) is 3.47. The van der Waals surface area contributed by atoms with Gasteiger partial charge in [0.15, 0.2) is 5.13 Å². The number of nitrogens with one attached hydrogen (secondary N) is 1. The van der Waals surface area contributed by atoms with Gasteiger partial charge in [-0.3, -0.25) is 10.1 Å². The van der Waals surface area contributed by atoms with Gasteiger partial charge in [-0.2, -0.15) is 0 Å². The molecule has 2 aromatic carbocycles. The molecule has 8 heteroatoms. The highest BCUT2D eigenvalue weighted by atomic mass is 35.5. The van der Waals surface area contributed by atoms with E-state index in [9.17, 15) is 4.79 Å². The van der Waals surface area contributed by atoms with Crippen molar-refractivity contribution in [2.24, 2.45) is 0 Å². The standard InChI is InChI=1S/C17H15ClN2O4S/c1-22-10-7-13(24-3)15-14(8-10)25-17(19-15)20-16(21)11-6-9(18)4-5-12(11)23-2/h4-8H,1-3H3,(H,19,20,21). The lowest BCUT2D eigenvalue weighted by molar-refractivity contribution is 0.102. The highest BCUT2D eigenvalue weighted by molar-refractivity contribution is 7.22. The van der Waals surface area contributed by atoms with Crippen LogP contribution in [0.4, 0.5) is 5.13 Å². The van der Waals surface area contributed by atoms with Gasteiger partial charge in [0.25, 0.3) is 5.91 Å². The molecular formula is C17H15ClN2O4S. The number of carbonyl (C=O) groups is 1. The Labute approximate surface area is 153 Å². The lowest BCUT2D eigenvalue weighted by Gasteiger charge is -2.08. The first-order valence-electron chi connectivity index (χ1n) is 7.23. The van der Waals surface area contributed by atoms with E-state index in [-0.39, 0.29) is 5.91 Å². The first kappa shape index (κ1) is 17.3. The molecule has 3 rings (SSSR count). The molecule has 25 heavy (non-hydrogen) atoms. The Hall–Kier alpha value is -2.51. The zero-order valence-electron chi connectivity index (χ0n) is 13.8. The number of hydrogen-bond acceptors (Lipinski definition) is 6. The topological polar surface area (TPSA) is 69.7 Å². The second-order valence-corrected chi connectivity index (χ2v) is 6.46. The van der Waals surface area contributed by atoms with Crippen LogP contribution in [0.5, 0.6) is 17.2 Å². The summed E-state index contributed by atoms with van der Waals surface area (Å²) in [6.07, 6.45) is 0. The third-order valence-corrected chi connectivity index (χ3v) is 4.67. The predicted octanol–water partition coefficient (Wildman–Crippen LogP) is 4.23. The van der Waals surface area contributed by atoms with E-state index in [1.54, 1.807) is 38.5 Å². The summed E-state index contributed by atoms with van der Waals surface area (Å²) in [5.74, 6) is 1.31. The van der Waals surface area contributed by atoms with Gasteiger partial charge in [-0.15, -0.1) is 0 Å². The van der Waals surface area contributed by atoms with Gasteiger partial charge < -0.3 is 14.2 Å². The summed E-state index contributed by atoms with van der Waals surface area (Å²) in [6.45, 7) is 0. The molecule has 0 spiro atoms. The van der Waals surface area contributed by atoms with E-state index in [0.29, 0.717) is 38.5 Å². The number of carbonyl (C=O) groups excluding carboxylic acids is 1. The van der Waals surface area contributed by atoms with E-state index < -0.39 is 0 Å². The summed E-state index contributed by atoms with van der Waals surface area (Å²) >= 11 is 7.30. The van der Waals surface area contributed by atoms with Crippen molar-refractivity contribution in [3.63, 3.8) is 0 Å². The normalized spacial score (nSPS) is 10.6. The number of nitrogens with zero attached hydrogens (tertiary/aromatic N) is 1. The summed E-state index contributed by atoms with van der Waals surface area (Å²) < 4.78 is 16.6. The maximum atomic E-state index is 12.6. The monoisotopic (exact) mass is 378 g/mol. The number of ether oxygens (including phenoxy) is 3. The van der Waals surface area contributed by atoms with Crippen molar-refractivity contribution >= 4 is 44.2 Å². The number of halogens is 1. The molecular weight excluding hydrogens is 364 g/mol. The summed E-state index contributed by atoms with van der Waals surface area (Å²) in [5, 5.41) is 3.66. The van der Waals surface area contributed by atoms with Crippen LogP contribution < -0.4 is 19.5 Å². The number of methoxy groups -OCH3 is 3. The van der Waals surface area contributed by atoms with E-state index in [1.165, 1.54) is 18.4 Å². The van der Waals surface area contributed by atoms with Crippen LogP contribution in [-0.4, -0.2) is 32.2 Å². The zero-order valence-corrected chi connectivity index (χ0v) is 15.3. The largest absolute Gasteiger partial charge is 0.497 e. The van der Waals surface area contributed by atoms with Crippen LogP contribution in [0.1, 0.15) is 10.4 Å². The smallest absolute Gasteiger partial charge is 0.261 e. The van der Waals surface area contributed by atoms with Crippen molar-refractivity contribution in [3.05, 3.63) is 40.9 Å². The molecule has 0 aliphatic heterocycles. The molecule has 0 fully saturated rings. The Morgan fingerprint density at radius 2 is 1.84 bits per heavy atom. The molecule has 1 N–H and O–H groups in total. The Bertz CT molecular complexity index is 942. The number of fused-ring (bicyclic) bond motifs is 1. The number of hydrogen-bond donors (Lipinski definition) is 1. The van der Waals surface area contributed by atoms with Gasteiger partial charge in [0.1, 0.15) is 22.8 Å². The molecule has 1 aromatic heterocycles. The molecule has 1 amide bonds. The van der Waals surface area contributed by atoms with Crippen molar-refractivity contribution in [3.8, 4) is 17.2 Å². The molecule has 3 aromatic rings. The van der Waals surface area contributed by atoms with E-state index in [0.717, 1.165) is 4.70 Å². The average Bonchev–Trinajstić information content (AvgIpc) is 3.02. The van der Waals surface area contributed by atoms with Crippen molar-refractivity contribution in [1.29, 1.82) is 0 Å². The molecule has 0 aliphatic rings. The van der Waals surface area contributed by atoms with Gasteiger partial charge in [0, 0.05) is 11.1 Å². The minimum absolute atomic E-state index is 0.332. The summed E-state index contributed by atoms with van der Waals surface area (Å²) in [6, 6.07) is 8.43. The van der Waals surface area contributed by atoms with Crippen LogP contribution in [0.3, 0.4) is 0 Å². The molecule has 0 bridgehead atoms. The molecule has 1 heterocycles. The molecule has 130 valence electrons. The van der Waals surface area contributed by atoms with Crippen LogP contribution in [0, 0.1) is 0 Å². The molecule has 0 saturated carbocycles. The third-order valence-electron chi connectivity index (χ3n) is 3.52. The van der Waals surface area contributed by atoms with Crippen LogP contribution in [-0.2, 0) is 0 Å². The number of rotatable bonds is 5. The Morgan fingerprint density at radius 1 is 1.08 bits per heavy atom. The van der Waals surface area contributed by atoms with Gasteiger partial charge in [0.05, 0.1) is 31.6 Å². The van der Waals surface area contributed by atoms with Crippen LogP contribution in [0.25, 0.3) is 10.2 Å². The maximum absolute atomic E-state index is 12.6. The number of amides is 1. The molecule has 0 atom stereocenters. The maximum Gasteiger partial charge on any atom is 0.261 e. The fraction of sp³-hybridized carbons (Fsp3) is 0.176. The zero-order chi connectivity index (χ0) is 18.0. The average molecular weight is 379 g/mol. The van der Waals surface area contributed by atoms with E-state index >= 15 is 0 Å². The van der Waals surface area contributed by atoms with Gasteiger partial charge in [-0.1, -0.05) is 22.9 Å². The SMILES string of the molecule is COc1cc(OC)c2nc(NC(=O)c3cc(Cl)ccc3OC)sc2c1.